The minimum absolute atomic E-state index is 0.301. The van der Waals surface area contributed by atoms with E-state index in [0.717, 1.165) is 14.9 Å². The number of amides is 1. The van der Waals surface area contributed by atoms with Crippen LogP contribution in [-0.2, 0) is 6.61 Å². The van der Waals surface area contributed by atoms with Crippen LogP contribution < -0.4 is 16.0 Å². The minimum atomic E-state index is -0.301. The summed E-state index contributed by atoms with van der Waals surface area (Å²) >= 11 is 2.23. The molecule has 0 fully saturated rings. The molecular weight excluding hydrogens is 355 g/mol. The summed E-state index contributed by atoms with van der Waals surface area (Å²) in [4.78, 5) is 11.3. The van der Waals surface area contributed by atoms with Gasteiger partial charge in [-0.2, -0.15) is 0 Å². The zero-order chi connectivity index (χ0) is 13.7. The predicted octanol–water partition coefficient (Wildman–Crippen LogP) is 2.47. The predicted molar refractivity (Wildman–Crippen MR) is 81.6 cm³/mol. The highest BCUT2D eigenvalue weighted by Gasteiger charge is 2.04. The number of benzene rings is 2. The number of hydrogen-bond donors (Lipinski definition) is 2. The Bertz CT molecular complexity index is 570. The van der Waals surface area contributed by atoms with Crippen molar-refractivity contribution in [3.63, 3.8) is 0 Å². The van der Waals surface area contributed by atoms with Crippen molar-refractivity contribution in [1.29, 1.82) is 0 Å². The average molecular weight is 368 g/mol. The van der Waals surface area contributed by atoms with Gasteiger partial charge in [-0.1, -0.05) is 24.3 Å². The Kier molecular flexibility index (Phi) is 4.75. The average Bonchev–Trinajstić information content (AvgIpc) is 2.46. The number of para-hydroxylation sites is 1. The van der Waals surface area contributed by atoms with Crippen molar-refractivity contribution in [3.05, 3.63) is 63.2 Å². The Morgan fingerprint density at radius 3 is 2.47 bits per heavy atom. The molecule has 0 heterocycles. The van der Waals surface area contributed by atoms with Gasteiger partial charge in [-0.05, 0) is 52.4 Å². The van der Waals surface area contributed by atoms with Crippen LogP contribution in [0.25, 0.3) is 0 Å². The lowest BCUT2D eigenvalue weighted by Gasteiger charge is -2.08. The first-order valence-corrected chi connectivity index (χ1v) is 6.76. The van der Waals surface area contributed by atoms with Gasteiger partial charge in [-0.3, -0.25) is 10.2 Å². The normalized spacial score (nSPS) is 10.0. The largest absolute Gasteiger partial charge is 0.488 e. The van der Waals surface area contributed by atoms with Gasteiger partial charge in [-0.25, -0.2) is 5.84 Å². The van der Waals surface area contributed by atoms with E-state index in [1.165, 1.54) is 0 Å². The summed E-state index contributed by atoms with van der Waals surface area (Å²) in [5, 5.41) is 0. The van der Waals surface area contributed by atoms with Crippen LogP contribution in [0.4, 0.5) is 0 Å². The van der Waals surface area contributed by atoms with Gasteiger partial charge in [0.1, 0.15) is 12.4 Å². The smallest absolute Gasteiger partial charge is 0.265 e. The summed E-state index contributed by atoms with van der Waals surface area (Å²) in [6, 6.07) is 15.0. The first kappa shape index (κ1) is 13.8. The maximum atomic E-state index is 11.3. The van der Waals surface area contributed by atoms with Crippen molar-refractivity contribution in [3.8, 4) is 5.75 Å². The van der Waals surface area contributed by atoms with Crippen LogP contribution in [0.3, 0.4) is 0 Å². The number of nitrogens with two attached hydrogens (primary N) is 1. The Morgan fingerprint density at radius 1 is 1.16 bits per heavy atom. The van der Waals surface area contributed by atoms with Gasteiger partial charge in [0.05, 0.1) is 3.57 Å². The molecule has 2 aromatic rings. The summed E-state index contributed by atoms with van der Waals surface area (Å²) in [5.74, 6) is 5.62. The third-order valence-electron chi connectivity index (χ3n) is 2.58. The molecule has 0 saturated carbocycles. The molecule has 2 aromatic carbocycles. The van der Waals surface area contributed by atoms with E-state index in [1.54, 1.807) is 12.1 Å². The Hall–Kier alpha value is -1.60. The van der Waals surface area contributed by atoms with E-state index in [1.807, 2.05) is 36.4 Å². The van der Waals surface area contributed by atoms with E-state index < -0.39 is 0 Å². The maximum Gasteiger partial charge on any atom is 0.265 e. The number of nitrogen functional groups attached to an aromatic ring is 1. The number of rotatable bonds is 4. The fourth-order valence-electron chi connectivity index (χ4n) is 1.56. The third-order valence-corrected chi connectivity index (χ3v) is 3.47. The maximum absolute atomic E-state index is 11.3. The monoisotopic (exact) mass is 368 g/mol. The Morgan fingerprint density at radius 2 is 1.84 bits per heavy atom. The summed E-state index contributed by atoms with van der Waals surface area (Å²) in [6.07, 6.45) is 0. The topological polar surface area (TPSA) is 64.3 Å². The standard InChI is InChI=1S/C14H13IN2O2/c15-12-3-1-2-4-13(12)19-9-10-5-7-11(8-6-10)14(18)17-16/h1-8H,9,16H2,(H,17,18). The van der Waals surface area contributed by atoms with E-state index in [0.29, 0.717) is 12.2 Å². The van der Waals surface area contributed by atoms with Gasteiger partial charge in [0.25, 0.3) is 5.91 Å². The van der Waals surface area contributed by atoms with Crippen LogP contribution in [0.1, 0.15) is 15.9 Å². The minimum Gasteiger partial charge on any atom is -0.488 e. The van der Waals surface area contributed by atoms with Crippen molar-refractivity contribution < 1.29 is 9.53 Å². The number of halogens is 1. The number of hydrogen-bond acceptors (Lipinski definition) is 3. The molecule has 3 N–H and O–H groups in total. The van der Waals surface area contributed by atoms with Crippen molar-refractivity contribution in [2.45, 2.75) is 6.61 Å². The second-order valence-corrected chi connectivity index (χ2v) is 5.05. The van der Waals surface area contributed by atoms with Gasteiger partial charge >= 0.3 is 0 Å². The Labute approximate surface area is 125 Å². The molecular formula is C14H13IN2O2. The van der Waals surface area contributed by atoms with Crippen molar-refractivity contribution in [2.75, 3.05) is 0 Å². The highest BCUT2D eigenvalue weighted by Crippen LogP contribution is 2.20. The van der Waals surface area contributed by atoms with Crippen LogP contribution in [-0.4, -0.2) is 5.91 Å². The molecule has 19 heavy (non-hydrogen) atoms. The van der Waals surface area contributed by atoms with Gasteiger partial charge < -0.3 is 4.74 Å². The Balaban J connectivity index is 2.01. The fourth-order valence-corrected chi connectivity index (χ4v) is 2.10. The molecule has 2 rings (SSSR count). The van der Waals surface area contributed by atoms with E-state index in [9.17, 15) is 4.79 Å². The summed E-state index contributed by atoms with van der Waals surface area (Å²) in [7, 11) is 0. The number of carbonyl (C=O) groups is 1. The lowest BCUT2D eigenvalue weighted by molar-refractivity contribution is 0.0953. The quantitative estimate of drug-likeness (QED) is 0.377. The van der Waals surface area contributed by atoms with Gasteiger partial charge in [0.15, 0.2) is 0 Å². The molecule has 0 aliphatic rings. The van der Waals surface area contributed by atoms with Crippen molar-refractivity contribution in [2.24, 2.45) is 5.84 Å². The van der Waals surface area contributed by atoms with Crippen LogP contribution in [0.5, 0.6) is 5.75 Å². The number of nitrogens with one attached hydrogen (secondary N) is 1. The van der Waals surface area contributed by atoms with Crippen LogP contribution in [0, 0.1) is 3.57 Å². The molecule has 1 amide bonds. The third kappa shape index (κ3) is 3.68. The highest BCUT2D eigenvalue weighted by atomic mass is 127. The molecule has 5 heteroatoms. The SMILES string of the molecule is NNC(=O)c1ccc(COc2ccccc2I)cc1. The molecule has 0 unspecified atom stereocenters. The number of hydrazine groups is 1. The van der Waals surface area contributed by atoms with E-state index >= 15 is 0 Å². The van der Waals surface area contributed by atoms with E-state index in [-0.39, 0.29) is 5.91 Å². The molecule has 0 aliphatic heterocycles. The van der Waals surface area contributed by atoms with Gasteiger partial charge in [-0.15, -0.1) is 0 Å². The summed E-state index contributed by atoms with van der Waals surface area (Å²) < 4.78 is 6.79. The summed E-state index contributed by atoms with van der Waals surface area (Å²) in [6.45, 7) is 0.463. The number of carbonyl (C=O) groups excluding carboxylic acids is 1. The van der Waals surface area contributed by atoms with Gasteiger partial charge in [0.2, 0.25) is 0 Å². The van der Waals surface area contributed by atoms with Crippen LogP contribution >= 0.6 is 22.6 Å². The lowest BCUT2D eigenvalue weighted by Crippen LogP contribution is -2.29. The first-order chi connectivity index (χ1) is 9.20. The molecule has 0 radical (unpaired) electrons. The van der Waals surface area contributed by atoms with Crippen molar-refractivity contribution >= 4 is 28.5 Å². The molecule has 4 nitrogen and oxygen atoms in total. The zero-order valence-corrected chi connectivity index (χ0v) is 12.3. The second kappa shape index (κ2) is 6.53. The van der Waals surface area contributed by atoms with E-state index in [4.69, 9.17) is 10.6 Å². The van der Waals surface area contributed by atoms with Crippen molar-refractivity contribution in [1.82, 2.24) is 5.43 Å². The second-order valence-electron chi connectivity index (χ2n) is 3.89. The number of ether oxygens (including phenoxy) is 1. The van der Waals surface area contributed by atoms with E-state index in [2.05, 4.69) is 28.0 Å². The molecule has 0 bridgehead atoms. The first-order valence-electron chi connectivity index (χ1n) is 5.68. The van der Waals surface area contributed by atoms with Crippen LogP contribution in [0.15, 0.2) is 48.5 Å². The summed E-state index contributed by atoms with van der Waals surface area (Å²) in [5.41, 5.74) is 3.62. The molecule has 0 aromatic heterocycles. The zero-order valence-electron chi connectivity index (χ0n) is 10.1. The lowest BCUT2D eigenvalue weighted by atomic mass is 10.1. The molecule has 0 saturated heterocycles. The van der Waals surface area contributed by atoms with Gasteiger partial charge in [0, 0.05) is 5.56 Å². The fraction of sp³-hybridized carbons (Fsp3) is 0.0714. The molecule has 0 aliphatic carbocycles. The molecule has 98 valence electrons. The van der Waals surface area contributed by atoms with Crippen LogP contribution in [0.2, 0.25) is 0 Å². The molecule has 0 atom stereocenters. The highest BCUT2D eigenvalue weighted by molar-refractivity contribution is 14.1. The molecule has 0 spiro atoms.